The van der Waals surface area contributed by atoms with Crippen molar-refractivity contribution >= 4 is 11.8 Å². The fourth-order valence-corrected chi connectivity index (χ4v) is 2.97. The van der Waals surface area contributed by atoms with Crippen LogP contribution in [0.3, 0.4) is 0 Å². The van der Waals surface area contributed by atoms with E-state index in [0.717, 1.165) is 22.4 Å². The molecule has 2 atom stereocenters. The van der Waals surface area contributed by atoms with Crippen LogP contribution in [0.1, 0.15) is 29.7 Å². The van der Waals surface area contributed by atoms with E-state index in [1.54, 1.807) is 11.8 Å². The van der Waals surface area contributed by atoms with E-state index >= 15 is 0 Å². The van der Waals surface area contributed by atoms with E-state index in [-0.39, 0.29) is 11.1 Å². The molecule has 0 aromatic heterocycles. The maximum Gasteiger partial charge on any atom is 0.123 e. The second kappa shape index (κ2) is 3.55. The summed E-state index contributed by atoms with van der Waals surface area (Å²) < 4.78 is 13.1. The van der Waals surface area contributed by atoms with Crippen molar-refractivity contribution < 1.29 is 9.50 Å². The Bertz CT molecular complexity index is 365. The first-order chi connectivity index (χ1) is 6.59. The molecule has 0 spiro atoms. The summed E-state index contributed by atoms with van der Waals surface area (Å²) >= 11 is 1.72. The Morgan fingerprint density at radius 3 is 2.93 bits per heavy atom. The van der Waals surface area contributed by atoms with Gasteiger partial charge < -0.3 is 5.11 Å². The molecule has 0 amide bonds. The molecule has 0 bridgehead atoms. The molecule has 3 heteroatoms. The van der Waals surface area contributed by atoms with Gasteiger partial charge in [-0.25, -0.2) is 4.39 Å². The van der Waals surface area contributed by atoms with E-state index < -0.39 is 6.10 Å². The van der Waals surface area contributed by atoms with Gasteiger partial charge in [-0.15, -0.1) is 0 Å². The van der Waals surface area contributed by atoms with Crippen molar-refractivity contribution in [2.75, 3.05) is 0 Å². The smallest absolute Gasteiger partial charge is 0.123 e. The molecule has 1 aromatic carbocycles. The van der Waals surface area contributed by atoms with Gasteiger partial charge in [0.1, 0.15) is 5.82 Å². The monoisotopic (exact) mass is 212 g/mol. The molecule has 0 fully saturated rings. The van der Waals surface area contributed by atoms with Crippen LogP contribution in [0.5, 0.6) is 0 Å². The number of hydrogen-bond donors (Lipinski definition) is 1. The van der Waals surface area contributed by atoms with Crippen LogP contribution in [0.4, 0.5) is 4.39 Å². The lowest BCUT2D eigenvalue weighted by molar-refractivity contribution is 0.176. The summed E-state index contributed by atoms with van der Waals surface area (Å²) in [6.45, 7) is 3.86. The minimum atomic E-state index is -0.529. The maximum absolute atomic E-state index is 13.1. The highest BCUT2D eigenvalue weighted by atomic mass is 32.2. The molecular formula is C11H13FOS. The highest BCUT2D eigenvalue weighted by molar-refractivity contribution is 7.99. The summed E-state index contributed by atoms with van der Waals surface area (Å²) in [6, 6.07) is 2.99. The number of aliphatic hydroxyl groups is 1. The van der Waals surface area contributed by atoms with E-state index in [0.29, 0.717) is 0 Å². The molecule has 76 valence electrons. The van der Waals surface area contributed by atoms with Gasteiger partial charge in [0.05, 0.1) is 6.10 Å². The Kier molecular flexibility index (Phi) is 2.54. The Morgan fingerprint density at radius 2 is 2.21 bits per heavy atom. The molecule has 2 rings (SSSR count). The van der Waals surface area contributed by atoms with Crippen LogP contribution in [0.2, 0.25) is 0 Å². The lowest BCUT2D eigenvalue weighted by Crippen LogP contribution is -2.19. The molecule has 0 radical (unpaired) electrons. The van der Waals surface area contributed by atoms with Crippen molar-refractivity contribution in [3.05, 3.63) is 34.6 Å². The zero-order valence-corrected chi connectivity index (χ0v) is 9.07. The van der Waals surface area contributed by atoms with Crippen LogP contribution < -0.4 is 0 Å². The average Bonchev–Trinajstić information content (AvgIpc) is 2.12. The van der Waals surface area contributed by atoms with E-state index in [4.69, 9.17) is 0 Å². The fourth-order valence-electron chi connectivity index (χ4n) is 1.82. The third kappa shape index (κ3) is 1.55. The van der Waals surface area contributed by atoms with Crippen molar-refractivity contribution in [1.29, 1.82) is 0 Å². The summed E-state index contributed by atoms with van der Waals surface area (Å²) in [7, 11) is 0. The molecular weight excluding hydrogens is 199 g/mol. The number of thioether (sulfide) groups is 1. The minimum absolute atomic E-state index is 0.156. The quantitative estimate of drug-likeness (QED) is 0.713. The van der Waals surface area contributed by atoms with Crippen LogP contribution >= 0.6 is 11.8 Å². The van der Waals surface area contributed by atoms with Crippen LogP contribution in [0.25, 0.3) is 0 Å². The Morgan fingerprint density at radius 1 is 1.50 bits per heavy atom. The summed E-state index contributed by atoms with van der Waals surface area (Å²) in [5.74, 6) is 0.624. The van der Waals surface area contributed by atoms with E-state index in [1.165, 1.54) is 12.1 Å². The zero-order valence-electron chi connectivity index (χ0n) is 8.25. The average molecular weight is 212 g/mol. The summed E-state index contributed by atoms with van der Waals surface area (Å²) in [5.41, 5.74) is 2.81. The van der Waals surface area contributed by atoms with E-state index in [2.05, 4.69) is 0 Å². The lowest BCUT2D eigenvalue weighted by atomic mass is 9.97. The van der Waals surface area contributed by atoms with Gasteiger partial charge in [0.2, 0.25) is 0 Å². The van der Waals surface area contributed by atoms with Crippen molar-refractivity contribution in [2.24, 2.45) is 0 Å². The van der Waals surface area contributed by atoms with Gasteiger partial charge in [0.25, 0.3) is 0 Å². The second-order valence-corrected chi connectivity index (χ2v) is 5.12. The zero-order chi connectivity index (χ0) is 10.3. The molecule has 2 unspecified atom stereocenters. The number of fused-ring (bicyclic) bond motifs is 1. The van der Waals surface area contributed by atoms with Gasteiger partial charge in [0, 0.05) is 11.0 Å². The second-order valence-electron chi connectivity index (χ2n) is 3.75. The number of halogens is 1. The normalized spacial score (nSPS) is 26.0. The van der Waals surface area contributed by atoms with E-state index in [9.17, 15) is 9.50 Å². The van der Waals surface area contributed by atoms with Gasteiger partial charge in [-0.05, 0) is 35.7 Å². The number of benzene rings is 1. The number of aliphatic hydroxyl groups excluding tert-OH is 1. The van der Waals surface area contributed by atoms with Crippen molar-refractivity contribution in [3.63, 3.8) is 0 Å². The molecule has 0 saturated heterocycles. The lowest BCUT2D eigenvalue weighted by Gasteiger charge is -2.28. The summed E-state index contributed by atoms with van der Waals surface area (Å²) in [6.07, 6.45) is -0.529. The van der Waals surface area contributed by atoms with Crippen molar-refractivity contribution in [1.82, 2.24) is 0 Å². The molecule has 1 heterocycles. The van der Waals surface area contributed by atoms with E-state index in [1.807, 2.05) is 13.8 Å². The largest absolute Gasteiger partial charge is 0.387 e. The number of hydrogen-bond acceptors (Lipinski definition) is 2. The molecule has 0 saturated carbocycles. The molecule has 1 nitrogen and oxygen atoms in total. The third-order valence-electron chi connectivity index (χ3n) is 2.73. The maximum atomic E-state index is 13.1. The molecule has 1 aliphatic heterocycles. The van der Waals surface area contributed by atoms with Gasteiger partial charge in [-0.3, -0.25) is 0 Å². The SMILES string of the molecule is Cc1cc(F)cc2c1CSC(C)C2O. The number of rotatable bonds is 0. The van der Waals surface area contributed by atoms with Gasteiger partial charge in [-0.2, -0.15) is 11.8 Å². The standard InChI is InChI=1S/C11H13FOS/c1-6-3-8(12)4-9-10(6)5-14-7(2)11(9)13/h3-4,7,11,13H,5H2,1-2H3. The predicted molar refractivity (Wildman–Crippen MR) is 56.9 cm³/mol. The minimum Gasteiger partial charge on any atom is -0.387 e. The van der Waals surface area contributed by atoms with Crippen LogP contribution in [0, 0.1) is 12.7 Å². The Hall–Kier alpha value is -0.540. The predicted octanol–water partition coefficient (Wildman–Crippen LogP) is 2.80. The first-order valence-corrected chi connectivity index (χ1v) is 5.73. The van der Waals surface area contributed by atoms with Crippen LogP contribution in [-0.4, -0.2) is 10.4 Å². The highest BCUT2D eigenvalue weighted by Gasteiger charge is 2.26. The molecule has 14 heavy (non-hydrogen) atoms. The van der Waals surface area contributed by atoms with Crippen molar-refractivity contribution in [3.8, 4) is 0 Å². The third-order valence-corrected chi connectivity index (χ3v) is 3.97. The number of aryl methyl sites for hydroxylation is 1. The summed E-state index contributed by atoms with van der Waals surface area (Å²) in [4.78, 5) is 0. The first-order valence-electron chi connectivity index (χ1n) is 4.68. The topological polar surface area (TPSA) is 20.2 Å². The first kappa shape index (κ1) is 9.99. The Labute approximate surface area is 87.3 Å². The summed E-state index contributed by atoms with van der Waals surface area (Å²) in [5, 5.41) is 10.0. The van der Waals surface area contributed by atoms with Crippen LogP contribution in [0.15, 0.2) is 12.1 Å². The Balaban J connectivity index is 2.54. The highest BCUT2D eigenvalue weighted by Crippen LogP contribution is 2.38. The van der Waals surface area contributed by atoms with Crippen molar-refractivity contribution in [2.45, 2.75) is 31.0 Å². The molecule has 0 aliphatic carbocycles. The van der Waals surface area contributed by atoms with Gasteiger partial charge in [0.15, 0.2) is 0 Å². The van der Waals surface area contributed by atoms with Gasteiger partial charge >= 0.3 is 0 Å². The molecule has 1 aliphatic rings. The fraction of sp³-hybridized carbons (Fsp3) is 0.455. The molecule has 1 aromatic rings. The van der Waals surface area contributed by atoms with Crippen LogP contribution in [-0.2, 0) is 5.75 Å². The molecule has 1 N–H and O–H groups in total. The van der Waals surface area contributed by atoms with Gasteiger partial charge in [-0.1, -0.05) is 6.92 Å².